The number of nitrogens with zero attached hydrogens (tertiary/aromatic N) is 1. The van der Waals surface area contributed by atoms with Gasteiger partial charge in [-0.05, 0) is 31.9 Å². The lowest BCUT2D eigenvalue weighted by atomic mass is 10.1. The molecule has 6 heteroatoms. The van der Waals surface area contributed by atoms with Gasteiger partial charge in [0.15, 0.2) is 0 Å². The first kappa shape index (κ1) is 15.0. The standard InChI is InChI=1S/C15H18N2O4/c1-10-4-6-11(7-5-10)14(19)16-9-13(18)17-8-2-3-12(17)15(20)21/h4-7,12H,2-3,8-9H2,1H3,(H,16,19)(H,20,21)/t12-/m1/s1. The van der Waals surface area contributed by atoms with E-state index in [9.17, 15) is 14.4 Å². The van der Waals surface area contributed by atoms with Crippen LogP contribution >= 0.6 is 0 Å². The summed E-state index contributed by atoms with van der Waals surface area (Å²) >= 11 is 0. The lowest BCUT2D eigenvalue weighted by Gasteiger charge is -2.21. The fraction of sp³-hybridized carbons (Fsp3) is 0.400. The average Bonchev–Trinajstić information content (AvgIpc) is 2.95. The molecule has 6 nitrogen and oxygen atoms in total. The molecule has 0 aromatic heterocycles. The van der Waals surface area contributed by atoms with Crippen LogP contribution in [0.2, 0.25) is 0 Å². The molecule has 2 rings (SSSR count). The van der Waals surface area contributed by atoms with Gasteiger partial charge in [0.1, 0.15) is 6.04 Å². The zero-order chi connectivity index (χ0) is 15.4. The summed E-state index contributed by atoms with van der Waals surface area (Å²) in [5, 5.41) is 11.6. The number of nitrogens with one attached hydrogen (secondary N) is 1. The van der Waals surface area contributed by atoms with E-state index in [0.29, 0.717) is 24.9 Å². The summed E-state index contributed by atoms with van der Waals surface area (Å²) in [6.07, 6.45) is 1.14. The van der Waals surface area contributed by atoms with Crippen LogP contribution in [0, 0.1) is 6.92 Å². The summed E-state index contributed by atoms with van der Waals surface area (Å²) < 4.78 is 0. The molecular weight excluding hydrogens is 272 g/mol. The molecule has 1 fully saturated rings. The van der Waals surface area contributed by atoms with E-state index in [1.54, 1.807) is 12.1 Å². The molecule has 1 aromatic carbocycles. The van der Waals surface area contributed by atoms with E-state index < -0.39 is 12.0 Å². The molecule has 1 saturated heterocycles. The summed E-state index contributed by atoms with van der Waals surface area (Å²) in [5.74, 6) is -1.69. The van der Waals surface area contributed by atoms with Gasteiger partial charge < -0.3 is 15.3 Å². The molecule has 1 heterocycles. The number of amides is 2. The van der Waals surface area contributed by atoms with Crippen molar-refractivity contribution in [2.75, 3.05) is 13.1 Å². The number of hydrogen-bond donors (Lipinski definition) is 2. The molecule has 2 amide bonds. The first-order valence-corrected chi connectivity index (χ1v) is 6.86. The number of aliphatic carboxylic acids is 1. The molecule has 0 unspecified atom stereocenters. The molecule has 2 N–H and O–H groups in total. The van der Waals surface area contributed by atoms with Crippen LogP contribution in [0.15, 0.2) is 24.3 Å². The highest BCUT2D eigenvalue weighted by molar-refractivity contribution is 5.97. The maximum atomic E-state index is 12.0. The zero-order valence-corrected chi connectivity index (χ0v) is 11.8. The fourth-order valence-corrected chi connectivity index (χ4v) is 2.39. The summed E-state index contributed by atoms with van der Waals surface area (Å²) in [6, 6.07) is 6.24. The third-order valence-corrected chi connectivity index (χ3v) is 3.57. The third kappa shape index (κ3) is 3.59. The van der Waals surface area contributed by atoms with Gasteiger partial charge in [0.2, 0.25) is 5.91 Å². The smallest absolute Gasteiger partial charge is 0.326 e. The van der Waals surface area contributed by atoms with Crippen LogP contribution in [0.4, 0.5) is 0 Å². The van der Waals surface area contributed by atoms with Gasteiger partial charge in [-0.2, -0.15) is 0 Å². The van der Waals surface area contributed by atoms with Crippen LogP contribution in [-0.2, 0) is 9.59 Å². The molecule has 0 spiro atoms. The molecule has 1 aromatic rings. The van der Waals surface area contributed by atoms with Crippen molar-refractivity contribution in [3.05, 3.63) is 35.4 Å². The minimum atomic E-state index is -0.995. The molecule has 21 heavy (non-hydrogen) atoms. The summed E-state index contributed by atoms with van der Waals surface area (Å²) in [7, 11) is 0. The maximum absolute atomic E-state index is 12.0. The number of carboxylic acid groups (broad SMARTS) is 1. The van der Waals surface area contributed by atoms with Gasteiger partial charge in [0, 0.05) is 12.1 Å². The van der Waals surface area contributed by atoms with E-state index in [1.807, 2.05) is 19.1 Å². The highest BCUT2D eigenvalue weighted by Crippen LogP contribution is 2.17. The fourth-order valence-electron chi connectivity index (χ4n) is 2.39. The van der Waals surface area contributed by atoms with Crippen LogP contribution < -0.4 is 5.32 Å². The van der Waals surface area contributed by atoms with Crippen molar-refractivity contribution in [3.8, 4) is 0 Å². The Morgan fingerprint density at radius 2 is 1.95 bits per heavy atom. The van der Waals surface area contributed by atoms with Crippen molar-refractivity contribution >= 4 is 17.8 Å². The quantitative estimate of drug-likeness (QED) is 0.858. The first-order valence-electron chi connectivity index (χ1n) is 6.86. The second kappa shape index (κ2) is 6.39. The second-order valence-corrected chi connectivity index (χ2v) is 5.13. The van der Waals surface area contributed by atoms with Crippen LogP contribution in [0.25, 0.3) is 0 Å². The molecule has 0 aliphatic carbocycles. The number of carbonyl (C=O) groups is 3. The Balaban J connectivity index is 1.90. The molecule has 0 saturated carbocycles. The molecule has 112 valence electrons. The topological polar surface area (TPSA) is 86.7 Å². The predicted octanol–water partition coefficient (Wildman–Crippen LogP) is 0.800. The second-order valence-electron chi connectivity index (χ2n) is 5.13. The van der Waals surface area contributed by atoms with Gasteiger partial charge in [-0.1, -0.05) is 17.7 Å². The van der Waals surface area contributed by atoms with Crippen molar-refractivity contribution < 1.29 is 19.5 Å². The average molecular weight is 290 g/mol. The van der Waals surface area contributed by atoms with E-state index in [4.69, 9.17) is 5.11 Å². The minimum absolute atomic E-state index is 0.184. The number of carbonyl (C=O) groups excluding carboxylic acids is 2. The normalized spacial score (nSPS) is 17.6. The van der Waals surface area contributed by atoms with Gasteiger partial charge in [-0.25, -0.2) is 4.79 Å². The van der Waals surface area contributed by atoms with Crippen LogP contribution in [0.5, 0.6) is 0 Å². The largest absolute Gasteiger partial charge is 0.480 e. The van der Waals surface area contributed by atoms with E-state index >= 15 is 0 Å². The van der Waals surface area contributed by atoms with E-state index in [-0.39, 0.29) is 18.4 Å². The number of rotatable bonds is 4. The number of hydrogen-bond acceptors (Lipinski definition) is 3. The maximum Gasteiger partial charge on any atom is 0.326 e. The number of benzene rings is 1. The summed E-state index contributed by atoms with van der Waals surface area (Å²) in [4.78, 5) is 36.2. The summed E-state index contributed by atoms with van der Waals surface area (Å²) in [6.45, 7) is 2.16. The van der Waals surface area contributed by atoms with Gasteiger partial charge in [0.05, 0.1) is 6.54 Å². The van der Waals surface area contributed by atoms with E-state index in [2.05, 4.69) is 5.32 Å². The van der Waals surface area contributed by atoms with Crippen LogP contribution in [-0.4, -0.2) is 46.9 Å². The Morgan fingerprint density at radius 1 is 1.29 bits per heavy atom. The van der Waals surface area contributed by atoms with Gasteiger partial charge in [0.25, 0.3) is 5.91 Å². The van der Waals surface area contributed by atoms with Crippen molar-refractivity contribution in [1.82, 2.24) is 10.2 Å². The predicted molar refractivity (Wildman–Crippen MR) is 75.9 cm³/mol. The molecule has 0 bridgehead atoms. The van der Waals surface area contributed by atoms with Gasteiger partial charge in [-0.3, -0.25) is 9.59 Å². The van der Waals surface area contributed by atoms with Gasteiger partial charge in [-0.15, -0.1) is 0 Å². The molecular formula is C15H18N2O4. The number of carboxylic acids is 1. The number of aryl methyl sites for hydroxylation is 1. The zero-order valence-electron chi connectivity index (χ0n) is 11.8. The number of likely N-dealkylation sites (tertiary alicyclic amines) is 1. The Kier molecular flexibility index (Phi) is 4.57. The third-order valence-electron chi connectivity index (χ3n) is 3.57. The van der Waals surface area contributed by atoms with Crippen LogP contribution in [0.3, 0.4) is 0 Å². The molecule has 0 radical (unpaired) electrons. The Labute approximate surface area is 122 Å². The lowest BCUT2D eigenvalue weighted by Crippen LogP contribution is -2.45. The van der Waals surface area contributed by atoms with Crippen molar-refractivity contribution in [2.45, 2.75) is 25.8 Å². The van der Waals surface area contributed by atoms with E-state index in [0.717, 1.165) is 5.56 Å². The lowest BCUT2D eigenvalue weighted by molar-refractivity contribution is -0.147. The van der Waals surface area contributed by atoms with Crippen LogP contribution in [0.1, 0.15) is 28.8 Å². The molecule has 1 aliphatic heterocycles. The Morgan fingerprint density at radius 3 is 2.57 bits per heavy atom. The monoisotopic (exact) mass is 290 g/mol. The first-order chi connectivity index (χ1) is 9.99. The molecule has 1 aliphatic rings. The SMILES string of the molecule is Cc1ccc(C(=O)NCC(=O)N2CCC[C@@H]2C(=O)O)cc1. The highest BCUT2D eigenvalue weighted by Gasteiger charge is 2.33. The highest BCUT2D eigenvalue weighted by atomic mass is 16.4. The van der Waals surface area contributed by atoms with E-state index in [1.165, 1.54) is 4.90 Å². The Bertz CT molecular complexity index is 553. The van der Waals surface area contributed by atoms with Crippen molar-refractivity contribution in [2.24, 2.45) is 0 Å². The molecule has 1 atom stereocenters. The summed E-state index contributed by atoms with van der Waals surface area (Å²) in [5.41, 5.74) is 1.52. The Hall–Kier alpha value is -2.37. The minimum Gasteiger partial charge on any atom is -0.480 e. The van der Waals surface area contributed by atoms with Gasteiger partial charge >= 0.3 is 5.97 Å². The van der Waals surface area contributed by atoms with Crippen molar-refractivity contribution in [3.63, 3.8) is 0 Å². The van der Waals surface area contributed by atoms with Crippen molar-refractivity contribution in [1.29, 1.82) is 0 Å².